The Hall–Kier alpha value is -3.81. The van der Waals surface area contributed by atoms with E-state index in [-0.39, 0.29) is 5.91 Å². The number of ether oxygens (including phenoxy) is 2. The van der Waals surface area contributed by atoms with Crippen LogP contribution in [0.4, 0.5) is 11.6 Å². The fraction of sp³-hybridized carbons (Fsp3) is 0.320. The molecule has 33 heavy (non-hydrogen) atoms. The van der Waals surface area contributed by atoms with Crippen molar-refractivity contribution in [1.82, 2.24) is 14.8 Å². The normalized spacial score (nSPS) is 14.9. The largest absolute Gasteiger partial charge is 0.495 e. The van der Waals surface area contributed by atoms with Gasteiger partial charge < -0.3 is 20.1 Å². The van der Waals surface area contributed by atoms with Gasteiger partial charge in [0.2, 0.25) is 5.95 Å². The van der Waals surface area contributed by atoms with Crippen molar-refractivity contribution in [3.63, 3.8) is 0 Å². The zero-order valence-electron chi connectivity index (χ0n) is 19.2. The lowest BCUT2D eigenvalue weighted by Crippen LogP contribution is -2.31. The predicted octanol–water partition coefficient (Wildman–Crippen LogP) is 4.78. The molecule has 1 amide bonds. The second-order valence-corrected chi connectivity index (χ2v) is 7.87. The van der Waals surface area contributed by atoms with E-state index in [1.54, 1.807) is 11.8 Å². The van der Waals surface area contributed by atoms with Crippen molar-refractivity contribution < 1.29 is 14.3 Å². The van der Waals surface area contributed by atoms with Crippen LogP contribution in [0.1, 0.15) is 44.7 Å². The van der Waals surface area contributed by atoms with E-state index in [0.29, 0.717) is 35.3 Å². The van der Waals surface area contributed by atoms with Crippen LogP contribution in [0.2, 0.25) is 0 Å². The fourth-order valence-electron chi connectivity index (χ4n) is 3.92. The molecule has 0 aliphatic carbocycles. The summed E-state index contributed by atoms with van der Waals surface area (Å²) in [4.78, 5) is 17.8. The molecule has 0 bridgehead atoms. The fourth-order valence-corrected chi connectivity index (χ4v) is 3.92. The van der Waals surface area contributed by atoms with Crippen molar-refractivity contribution in [3.05, 3.63) is 71.7 Å². The van der Waals surface area contributed by atoms with Crippen molar-refractivity contribution >= 4 is 17.5 Å². The van der Waals surface area contributed by atoms with Gasteiger partial charge in [0.15, 0.2) is 0 Å². The highest BCUT2D eigenvalue weighted by atomic mass is 16.5. The zero-order valence-corrected chi connectivity index (χ0v) is 19.2. The van der Waals surface area contributed by atoms with E-state index in [2.05, 4.69) is 27.6 Å². The number of nitrogens with zero attached hydrogens (tertiary/aromatic N) is 3. The standard InChI is InChI=1S/C25H29N5O3/c1-4-5-8-15-33-19-13-11-18(12-14-19)23-22(17(2)28-25-26-16-27-30(23)25)24(31)29-20-9-6-7-10-21(20)32-3/h6-7,9-14,16,23H,4-5,8,15H2,1-3H3,(H,29,31)(H,26,27,28)/t23-/m1/s1. The number of unbranched alkanes of at least 4 members (excludes halogenated alkanes) is 2. The number of nitrogens with one attached hydrogen (secondary N) is 2. The number of aromatic nitrogens is 3. The summed E-state index contributed by atoms with van der Waals surface area (Å²) in [5, 5.41) is 10.6. The van der Waals surface area contributed by atoms with Crippen LogP contribution in [0.5, 0.6) is 11.5 Å². The van der Waals surface area contributed by atoms with Gasteiger partial charge in [0.25, 0.3) is 5.91 Å². The number of anilines is 2. The Bertz CT molecular complexity index is 1140. The molecule has 0 spiro atoms. The molecule has 0 unspecified atom stereocenters. The minimum absolute atomic E-state index is 0.240. The quantitative estimate of drug-likeness (QED) is 0.459. The summed E-state index contributed by atoms with van der Waals surface area (Å²) >= 11 is 0. The molecule has 0 saturated carbocycles. The number of carbonyl (C=O) groups is 1. The van der Waals surface area contributed by atoms with Crippen molar-refractivity contribution in [2.24, 2.45) is 0 Å². The van der Waals surface area contributed by atoms with E-state index in [4.69, 9.17) is 9.47 Å². The van der Waals surface area contributed by atoms with Gasteiger partial charge in [-0.05, 0) is 43.2 Å². The third-order valence-corrected chi connectivity index (χ3v) is 5.61. The number of rotatable bonds is 9. The van der Waals surface area contributed by atoms with Crippen LogP contribution >= 0.6 is 0 Å². The summed E-state index contributed by atoms with van der Waals surface area (Å²) in [6.45, 7) is 4.73. The first-order valence-corrected chi connectivity index (χ1v) is 11.2. The number of carbonyl (C=O) groups excluding carboxylic acids is 1. The van der Waals surface area contributed by atoms with Crippen molar-refractivity contribution in [3.8, 4) is 11.5 Å². The molecule has 2 heterocycles. The van der Waals surface area contributed by atoms with Gasteiger partial charge in [0.05, 0.1) is 25.0 Å². The number of amides is 1. The topological polar surface area (TPSA) is 90.3 Å². The maximum atomic E-state index is 13.5. The van der Waals surface area contributed by atoms with Crippen molar-refractivity contribution in [2.75, 3.05) is 24.4 Å². The average Bonchev–Trinajstić information content (AvgIpc) is 3.29. The molecule has 1 aromatic heterocycles. The van der Waals surface area contributed by atoms with Crippen LogP contribution in [0.25, 0.3) is 0 Å². The number of hydrogen-bond acceptors (Lipinski definition) is 6. The molecule has 8 heteroatoms. The average molecular weight is 448 g/mol. The Morgan fingerprint density at radius 2 is 1.94 bits per heavy atom. The molecule has 2 aromatic carbocycles. The molecular weight excluding hydrogens is 418 g/mol. The van der Waals surface area contributed by atoms with Crippen LogP contribution in [0.3, 0.4) is 0 Å². The van der Waals surface area contributed by atoms with E-state index >= 15 is 0 Å². The van der Waals surface area contributed by atoms with Gasteiger partial charge in [0, 0.05) is 5.70 Å². The molecule has 3 aromatic rings. The van der Waals surface area contributed by atoms with Gasteiger partial charge in [0.1, 0.15) is 23.9 Å². The molecule has 8 nitrogen and oxygen atoms in total. The summed E-state index contributed by atoms with van der Waals surface area (Å²) in [6, 6.07) is 14.7. The van der Waals surface area contributed by atoms with Gasteiger partial charge in [-0.2, -0.15) is 10.1 Å². The van der Waals surface area contributed by atoms with Gasteiger partial charge in [-0.3, -0.25) is 4.79 Å². The summed E-state index contributed by atoms with van der Waals surface area (Å²) in [6.07, 6.45) is 4.82. The second kappa shape index (κ2) is 10.2. The molecule has 172 valence electrons. The molecule has 2 N–H and O–H groups in total. The smallest absolute Gasteiger partial charge is 0.255 e. The number of fused-ring (bicyclic) bond motifs is 1. The number of allylic oxidation sites excluding steroid dienone is 1. The van der Waals surface area contributed by atoms with Gasteiger partial charge >= 0.3 is 0 Å². The molecule has 1 atom stereocenters. The third kappa shape index (κ3) is 4.84. The van der Waals surface area contributed by atoms with Crippen molar-refractivity contribution in [1.29, 1.82) is 0 Å². The lowest BCUT2D eigenvalue weighted by atomic mass is 9.95. The predicted molar refractivity (Wildman–Crippen MR) is 128 cm³/mol. The zero-order chi connectivity index (χ0) is 23.2. The van der Waals surface area contributed by atoms with E-state index in [1.807, 2.05) is 55.5 Å². The van der Waals surface area contributed by atoms with Gasteiger partial charge in [-0.1, -0.05) is 44.0 Å². The Morgan fingerprint density at radius 3 is 2.70 bits per heavy atom. The second-order valence-electron chi connectivity index (χ2n) is 7.87. The Morgan fingerprint density at radius 1 is 1.15 bits per heavy atom. The highest BCUT2D eigenvalue weighted by molar-refractivity contribution is 6.06. The van der Waals surface area contributed by atoms with Crippen LogP contribution in [-0.4, -0.2) is 34.4 Å². The SMILES string of the molecule is CCCCCOc1ccc([C@@H]2C(C(=O)Nc3ccccc3OC)=C(C)Nc3ncnn32)cc1. The summed E-state index contributed by atoms with van der Waals surface area (Å²) < 4.78 is 13.0. The molecule has 4 rings (SSSR count). The number of para-hydroxylation sites is 2. The van der Waals surface area contributed by atoms with E-state index < -0.39 is 6.04 Å². The van der Waals surface area contributed by atoms with Crippen LogP contribution in [-0.2, 0) is 4.79 Å². The number of methoxy groups -OCH3 is 1. The lowest BCUT2D eigenvalue weighted by Gasteiger charge is -2.29. The van der Waals surface area contributed by atoms with Gasteiger partial charge in [-0.15, -0.1) is 0 Å². The maximum Gasteiger partial charge on any atom is 0.255 e. The van der Waals surface area contributed by atoms with E-state index in [9.17, 15) is 4.79 Å². The molecule has 0 radical (unpaired) electrons. The first kappa shape index (κ1) is 22.4. The first-order valence-electron chi connectivity index (χ1n) is 11.2. The van der Waals surface area contributed by atoms with Crippen LogP contribution in [0.15, 0.2) is 66.1 Å². The Balaban J connectivity index is 1.62. The number of benzene rings is 2. The minimum Gasteiger partial charge on any atom is -0.495 e. The molecule has 1 aliphatic heterocycles. The molecular formula is C25H29N5O3. The van der Waals surface area contributed by atoms with Crippen molar-refractivity contribution in [2.45, 2.75) is 39.2 Å². The Kier molecular flexibility index (Phi) is 6.92. The molecule has 0 saturated heterocycles. The summed E-state index contributed by atoms with van der Waals surface area (Å²) in [5.74, 6) is 1.75. The Labute approximate surface area is 193 Å². The monoisotopic (exact) mass is 447 g/mol. The highest BCUT2D eigenvalue weighted by Crippen LogP contribution is 2.36. The van der Waals surface area contributed by atoms with Crippen LogP contribution < -0.4 is 20.1 Å². The summed E-state index contributed by atoms with van der Waals surface area (Å²) in [7, 11) is 1.58. The van der Waals surface area contributed by atoms with Crippen LogP contribution in [0, 0.1) is 0 Å². The third-order valence-electron chi connectivity index (χ3n) is 5.61. The molecule has 0 fully saturated rings. The number of hydrogen-bond donors (Lipinski definition) is 2. The first-order chi connectivity index (χ1) is 16.1. The minimum atomic E-state index is -0.437. The summed E-state index contributed by atoms with van der Waals surface area (Å²) in [5.41, 5.74) is 2.78. The lowest BCUT2D eigenvalue weighted by molar-refractivity contribution is -0.113. The van der Waals surface area contributed by atoms with E-state index in [0.717, 1.165) is 30.6 Å². The maximum absolute atomic E-state index is 13.5. The van der Waals surface area contributed by atoms with Gasteiger partial charge in [-0.25, -0.2) is 4.68 Å². The highest BCUT2D eigenvalue weighted by Gasteiger charge is 2.33. The van der Waals surface area contributed by atoms with E-state index in [1.165, 1.54) is 6.33 Å². The molecule has 1 aliphatic rings.